The van der Waals surface area contributed by atoms with Crippen LogP contribution in [0.15, 0.2) is 24.3 Å². The van der Waals surface area contributed by atoms with Gasteiger partial charge in [0.05, 0.1) is 0 Å². The first-order chi connectivity index (χ1) is 5.79. The Kier molecular flexibility index (Phi) is 1.71. The first-order valence-corrected chi connectivity index (χ1v) is 4.03. The molecule has 0 radical (unpaired) electrons. The van der Waals surface area contributed by atoms with E-state index in [1.54, 1.807) is 6.07 Å². The maximum absolute atomic E-state index is 11.3. The summed E-state index contributed by atoms with van der Waals surface area (Å²) in [5.74, 6) is 0. The Bertz CT molecular complexity index is 327. The summed E-state index contributed by atoms with van der Waals surface area (Å²) in [6.45, 7) is 0.647. The number of hydrogen-bond donors (Lipinski definition) is 1. The van der Waals surface area contributed by atoms with Gasteiger partial charge in [0.1, 0.15) is 0 Å². The van der Waals surface area contributed by atoms with Gasteiger partial charge in [0.25, 0.3) is 0 Å². The number of fused-ring (bicyclic) bond motifs is 1. The van der Waals surface area contributed by atoms with Crippen LogP contribution in [0.4, 0.5) is 5.69 Å². The molecule has 1 aliphatic heterocycles. The van der Waals surface area contributed by atoms with Crippen LogP contribution in [0.25, 0.3) is 0 Å². The van der Waals surface area contributed by atoms with E-state index < -0.39 is 0 Å². The molecule has 0 unspecified atom stereocenters. The van der Waals surface area contributed by atoms with Crippen molar-refractivity contribution in [1.82, 2.24) is 5.32 Å². The molecule has 2 rings (SSSR count). The summed E-state index contributed by atoms with van der Waals surface area (Å²) in [6, 6.07) is 7.42. The summed E-state index contributed by atoms with van der Waals surface area (Å²) >= 11 is 4.81. The summed E-state index contributed by atoms with van der Waals surface area (Å²) < 4.78 is 0. The van der Waals surface area contributed by atoms with Gasteiger partial charge in [-0.15, -0.1) is 0 Å². The smallest absolute Gasteiger partial charge is 0.162 e. The van der Waals surface area contributed by atoms with Crippen molar-refractivity contribution in [2.24, 2.45) is 0 Å². The van der Waals surface area contributed by atoms with Crippen molar-refractivity contribution in [1.29, 1.82) is 0 Å². The molecule has 0 amide bonds. The number of nitrogens with zero attached hydrogens (tertiary/aromatic N) is 1. The van der Waals surface area contributed by atoms with Gasteiger partial charge in [0.2, 0.25) is 0 Å². The number of benzene rings is 1. The molecule has 0 aromatic heterocycles. The average Bonchev–Trinajstić information content (AvgIpc) is 2.12. The first-order valence-electron chi connectivity index (χ1n) is 3.62. The highest BCUT2D eigenvalue weighted by molar-refractivity contribution is 7.80. The van der Waals surface area contributed by atoms with E-state index in [2.05, 4.69) is 5.32 Å². The zero-order valence-corrected chi connectivity index (χ0v) is 7.10. The van der Waals surface area contributed by atoms with Crippen LogP contribution in [-0.4, -0.2) is 5.11 Å². The monoisotopic (exact) mass is 179 g/mol. The molecule has 0 spiro atoms. The number of thiocarbonyl (C=S) groups is 1. The SMILES string of the molecule is [O-]N1C(=S)NCc2ccccc21. The van der Waals surface area contributed by atoms with Crippen LogP contribution in [-0.2, 0) is 6.54 Å². The highest BCUT2D eigenvalue weighted by Gasteiger charge is 2.11. The molecule has 3 nitrogen and oxygen atoms in total. The van der Waals surface area contributed by atoms with Gasteiger partial charge >= 0.3 is 0 Å². The van der Waals surface area contributed by atoms with Crippen molar-refractivity contribution in [3.05, 3.63) is 35.0 Å². The predicted molar refractivity (Wildman–Crippen MR) is 51.7 cm³/mol. The third-order valence-electron chi connectivity index (χ3n) is 1.82. The molecule has 1 aliphatic rings. The summed E-state index contributed by atoms with van der Waals surface area (Å²) in [4.78, 5) is 0. The largest absolute Gasteiger partial charge is 0.752 e. The van der Waals surface area contributed by atoms with Gasteiger partial charge in [-0.05, 0) is 23.8 Å². The molecule has 0 saturated heterocycles. The molecule has 0 saturated carbocycles. The third kappa shape index (κ3) is 1.05. The summed E-state index contributed by atoms with van der Waals surface area (Å²) in [6.07, 6.45) is 0. The van der Waals surface area contributed by atoms with Crippen LogP contribution in [0.1, 0.15) is 5.56 Å². The van der Waals surface area contributed by atoms with Gasteiger partial charge in [0, 0.05) is 12.2 Å². The number of para-hydroxylation sites is 1. The van der Waals surface area contributed by atoms with E-state index in [4.69, 9.17) is 12.2 Å². The van der Waals surface area contributed by atoms with Crippen molar-refractivity contribution >= 4 is 23.0 Å². The molecular weight excluding hydrogens is 172 g/mol. The lowest BCUT2D eigenvalue weighted by Crippen LogP contribution is -2.40. The molecular formula is C8H7N2OS-. The maximum Gasteiger partial charge on any atom is 0.162 e. The fraction of sp³-hybridized carbons (Fsp3) is 0.125. The Labute approximate surface area is 75.6 Å². The fourth-order valence-electron chi connectivity index (χ4n) is 1.21. The number of rotatable bonds is 0. The van der Waals surface area contributed by atoms with Gasteiger partial charge in [-0.3, -0.25) is 0 Å². The Morgan fingerprint density at radius 2 is 2.17 bits per heavy atom. The molecule has 4 heteroatoms. The van der Waals surface area contributed by atoms with E-state index in [1.807, 2.05) is 18.2 Å². The highest BCUT2D eigenvalue weighted by Crippen LogP contribution is 2.22. The topological polar surface area (TPSA) is 38.3 Å². The Balaban J connectivity index is 2.48. The standard InChI is InChI=1S/C8H7N2OS/c11-10-7-4-2-1-3-6(7)5-9-8(10)12/h1-4H,5H2,(H,9,12)/q-1. The van der Waals surface area contributed by atoms with E-state index in [1.165, 1.54) is 0 Å². The molecule has 62 valence electrons. The van der Waals surface area contributed by atoms with Crippen LogP contribution in [0, 0.1) is 5.21 Å². The van der Waals surface area contributed by atoms with Crippen LogP contribution in [0.3, 0.4) is 0 Å². The molecule has 0 atom stereocenters. The number of hydroxylamine groups is 1. The van der Waals surface area contributed by atoms with Crippen LogP contribution in [0.5, 0.6) is 0 Å². The fourth-order valence-corrected chi connectivity index (χ4v) is 1.38. The molecule has 1 aromatic rings. The van der Waals surface area contributed by atoms with Gasteiger partial charge in [-0.1, -0.05) is 18.2 Å². The molecule has 0 aliphatic carbocycles. The van der Waals surface area contributed by atoms with Gasteiger partial charge in [-0.2, -0.15) is 0 Å². The van der Waals surface area contributed by atoms with E-state index in [9.17, 15) is 5.21 Å². The highest BCUT2D eigenvalue weighted by atomic mass is 32.1. The summed E-state index contributed by atoms with van der Waals surface area (Å²) in [7, 11) is 0. The Morgan fingerprint density at radius 1 is 1.42 bits per heavy atom. The molecule has 0 bridgehead atoms. The molecule has 1 heterocycles. The molecule has 0 fully saturated rings. The normalized spacial score (nSPS) is 15.4. The Morgan fingerprint density at radius 3 is 3.00 bits per heavy atom. The van der Waals surface area contributed by atoms with Crippen molar-refractivity contribution in [3.63, 3.8) is 0 Å². The zero-order valence-electron chi connectivity index (χ0n) is 6.28. The zero-order chi connectivity index (χ0) is 8.55. The van der Waals surface area contributed by atoms with Crippen molar-refractivity contribution in [3.8, 4) is 0 Å². The molecule has 12 heavy (non-hydrogen) atoms. The lowest BCUT2D eigenvalue weighted by molar-refractivity contribution is 0.883. The lowest BCUT2D eigenvalue weighted by atomic mass is 10.1. The van der Waals surface area contributed by atoms with Crippen molar-refractivity contribution in [2.75, 3.05) is 5.06 Å². The van der Waals surface area contributed by atoms with Gasteiger partial charge in [0.15, 0.2) is 5.11 Å². The second-order valence-corrected chi connectivity index (χ2v) is 2.97. The van der Waals surface area contributed by atoms with Crippen LogP contribution >= 0.6 is 12.2 Å². The van der Waals surface area contributed by atoms with E-state index in [0.717, 1.165) is 10.6 Å². The second kappa shape index (κ2) is 2.73. The Hall–Kier alpha value is -1.13. The van der Waals surface area contributed by atoms with Gasteiger partial charge < -0.3 is 15.6 Å². The minimum absolute atomic E-state index is 0.244. The van der Waals surface area contributed by atoms with E-state index >= 15 is 0 Å². The molecule has 1 N–H and O–H groups in total. The minimum Gasteiger partial charge on any atom is -0.752 e. The number of nitrogens with one attached hydrogen (secondary N) is 1. The summed E-state index contributed by atoms with van der Waals surface area (Å²) in [5, 5.41) is 15.2. The van der Waals surface area contributed by atoms with E-state index in [-0.39, 0.29) is 5.11 Å². The second-order valence-electron chi connectivity index (χ2n) is 2.58. The van der Waals surface area contributed by atoms with Crippen LogP contribution in [0.2, 0.25) is 0 Å². The lowest BCUT2D eigenvalue weighted by Gasteiger charge is -2.37. The third-order valence-corrected chi connectivity index (χ3v) is 2.14. The quantitative estimate of drug-likeness (QED) is 0.611. The molecule has 1 aromatic carbocycles. The average molecular weight is 179 g/mol. The number of hydrogen-bond acceptors (Lipinski definition) is 2. The predicted octanol–water partition coefficient (Wildman–Crippen LogP) is 1.38. The minimum atomic E-state index is 0.244. The van der Waals surface area contributed by atoms with Gasteiger partial charge in [-0.25, -0.2) is 0 Å². The van der Waals surface area contributed by atoms with E-state index in [0.29, 0.717) is 12.2 Å². The summed E-state index contributed by atoms with van der Waals surface area (Å²) in [5.41, 5.74) is 1.64. The maximum atomic E-state index is 11.3. The van der Waals surface area contributed by atoms with Crippen LogP contribution < -0.4 is 10.4 Å². The van der Waals surface area contributed by atoms with Crippen molar-refractivity contribution < 1.29 is 0 Å². The first kappa shape index (κ1) is 7.52. The number of anilines is 1. The van der Waals surface area contributed by atoms with Crippen molar-refractivity contribution in [2.45, 2.75) is 6.54 Å².